The van der Waals surface area contributed by atoms with E-state index in [2.05, 4.69) is 5.32 Å². The van der Waals surface area contributed by atoms with Gasteiger partial charge in [0, 0.05) is 17.1 Å². The maximum Gasteiger partial charge on any atom is 0.335 e. The van der Waals surface area contributed by atoms with E-state index in [1.165, 1.54) is 4.88 Å². The Morgan fingerprint density at radius 1 is 1.29 bits per heavy atom. The van der Waals surface area contributed by atoms with E-state index < -0.39 is 5.97 Å². The Morgan fingerprint density at radius 3 is 2.76 bits per heavy atom. The number of hydrogen-bond donors (Lipinski definition) is 2. The summed E-state index contributed by atoms with van der Waals surface area (Å²) in [6, 6.07) is 10.9. The number of thiophene rings is 1. The third-order valence-electron chi connectivity index (χ3n) is 2.16. The summed E-state index contributed by atoms with van der Waals surface area (Å²) >= 11 is 1.67. The molecule has 0 aliphatic carbocycles. The summed E-state index contributed by atoms with van der Waals surface area (Å²) in [5, 5.41) is 14.0. The fraction of sp³-hybridized carbons (Fsp3) is 0.0833. The Hall–Kier alpha value is -1.52. The zero-order valence-electron chi connectivity index (χ0n) is 8.89. The second-order valence-electron chi connectivity index (χ2n) is 3.32. The molecule has 2 N–H and O–H groups in total. The molecular formula is C12H11ClNO2S-. The number of hydrogen-bond acceptors (Lipinski definition) is 3. The molecule has 0 radical (unpaired) electrons. The van der Waals surface area contributed by atoms with Crippen LogP contribution in [-0.4, -0.2) is 11.1 Å². The molecule has 0 fully saturated rings. The van der Waals surface area contributed by atoms with Crippen LogP contribution in [0.25, 0.3) is 0 Å². The van der Waals surface area contributed by atoms with Crippen LogP contribution in [0.15, 0.2) is 41.8 Å². The molecule has 0 spiro atoms. The number of aromatic carboxylic acids is 1. The quantitative estimate of drug-likeness (QED) is 0.825. The molecule has 0 aliphatic heterocycles. The average molecular weight is 269 g/mol. The Morgan fingerprint density at radius 2 is 2.12 bits per heavy atom. The molecule has 1 aromatic carbocycles. The van der Waals surface area contributed by atoms with E-state index in [0.29, 0.717) is 5.56 Å². The van der Waals surface area contributed by atoms with E-state index in [9.17, 15) is 4.79 Å². The van der Waals surface area contributed by atoms with Gasteiger partial charge >= 0.3 is 5.97 Å². The number of anilines is 1. The first-order valence-corrected chi connectivity index (χ1v) is 5.73. The van der Waals surface area contributed by atoms with Gasteiger partial charge < -0.3 is 22.8 Å². The zero-order valence-corrected chi connectivity index (χ0v) is 10.5. The highest BCUT2D eigenvalue weighted by Crippen LogP contribution is 2.14. The Bertz CT molecular complexity index is 485. The second-order valence-corrected chi connectivity index (χ2v) is 4.35. The lowest BCUT2D eigenvalue weighted by atomic mass is 10.2. The third kappa shape index (κ3) is 3.76. The maximum atomic E-state index is 10.8. The number of benzene rings is 1. The van der Waals surface area contributed by atoms with Gasteiger partial charge in [0.15, 0.2) is 0 Å². The minimum atomic E-state index is -0.903. The molecule has 5 heteroatoms. The molecule has 0 unspecified atom stereocenters. The average Bonchev–Trinajstić information content (AvgIpc) is 2.79. The van der Waals surface area contributed by atoms with Crippen LogP contribution in [0.5, 0.6) is 0 Å². The van der Waals surface area contributed by atoms with Crippen LogP contribution in [0.4, 0.5) is 5.69 Å². The second kappa shape index (κ2) is 6.27. The van der Waals surface area contributed by atoms with Gasteiger partial charge in [-0.1, -0.05) is 12.1 Å². The van der Waals surface area contributed by atoms with Gasteiger partial charge in [0.2, 0.25) is 0 Å². The fourth-order valence-corrected chi connectivity index (χ4v) is 2.01. The van der Waals surface area contributed by atoms with Crippen molar-refractivity contribution in [2.24, 2.45) is 0 Å². The normalized spacial score (nSPS) is 9.41. The minimum absolute atomic E-state index is 0. The lowest BCUT2D eigenvalue weighted by Gasteiger charge is -2.05. The topological polar surface area (TPSA) is 49.3 Å². The summed E-state index contributed by atoms with van der Waals surface area (Å²) in [5.41, 5.74) is 1.13. The van der Waals surface area contributed by atoms with Gasteiger partial charge in [-0.3, -0.25) is 0 Å². The molecule has 1 heterocycles. The zero-order chi connectivity index (χ0) is 11.4. The van der Waals surface area contributed by atoms with Crippen molar-refractivity contribution < 1.29 is 22.3 Å². The van der Waals surface area contributed by atoms with Gasteiger partial charge in [-0.2, -0.15) is 0 Å². The van der Waals surface area contributed by atoms with Gasteiger partial charge in [0.25, 0.3) is 0 Å². The van der Waals surface area contributed by atoms with Crippen LogP contribution >= 0.6 is 11.3 Å². The van der Waals surface area contributed by atoms with Crippen LogP contribution < -0.4 is 17.7 Å². The summed E-state index contributed by atoms with van der Waals surface area (Å²) in [6.45, 7) is 0.723. The van der Waals surface area contributed by atoms with Crippen LogP contribution in [-0.2, 0) is 6.54 Å². The predicted molar refractivity (Wildman–Crippen MR) is 65.0 cm³/mol. The molecule has 17 heavy (non-hydrogen) atoms. The monoisotopic (exact) mass is 268 g/mol. The van der Waals surface area contributed by atoms with Crippen LogP contribution in [0, 0.1) is 0 Å². The molecule has 0 amide bonds. The van der Waals surface area contributed by atoms with E-state index in [4.69, 9.17) is 5.11 Å². The first-order valence-electron chi connectivity index (χ1n) is 4.85. The van der Waals surface area contributed by atoms with Crippen molar-refractivity contribution in [1.29, 1.82) is 0 Å². The molecule has 3 nitrogen and oxygen atoms in total. The summed E-state index contributed by atoms with van der Waals surface area (Å²) in [6.07, 6.45) is 0. The standard InChI is InChI=1S/C12H11NO2S.ClH/c14-12(15)9-3-1-4-10(7-9)13-8-11-5-2-6-16-11;/h1-7,13H,8H2,(H,14,15);1H/p-1. The molecule has 2 aromatic rings. The number of carboxylic acid groups (broad SMARTS) is 1. The van der Waals surface area contributed by atoms with Gasteiger partial charge in [0.05, 0.1) is 5.56 Å². The van der Waals surface area contributed by atoms with E-state index in [1.54, 1.807) is 29.5 Å². The van der Waals surface area contributed by atoms with Crippen molar-refractivity contribution >= 4 is 23.0 Å². The van der Waals surface area contributed by atoms with Crippen molar-refractivity contribution in [2.75, 3.05) is 5.32 Å². The lowest BCUT2D eigenvalue weighted by molar-refractivity contribution is -0.0000186. The van der Waals surface area contributed by atoms with Gasteiger partial charge in [-0.15, -0.1) is 11.3 Å². The molecule has 0 aliphatic rings. The highest BCUT2D eigenvalue weighted by atomic mass is 35.5. The van der Waals surface area contributed by atoms with E-state index in [1.807, 2.05) is 23.6 Å². The molecule has 90 valence electrons. The molecule has 1 aromatic heterocycles. The summed E-state index contributed by atoms with van der Waals surface area (Å²) in [7, 11) is 0. The van der Waals surface area contributed by atoms with Crippen molar-refractivity contribution in [1.82, 2.24) is 0 Å². The van der Waals surface area contributed by atoms with Crippen LogP contribution in [0.2, 0.25) is 0 Å². The van der Waals surface area contributed by atoms with Crippen LogP contribution in [0.3, 0.4) is 0 Å². The number of carboxylic acids is 1. The smallest absolute Gasteiger partial charge is 0.335 e. The number of nitrogens with one attached hydrogen (secondary N) is 1. The van der Waals surface area contributed by atoms with Crippen molar-refractivity contribution in [3.05, 3.63) is 52.2 Å². The Balaban J connectivity index is 0.00000144. The van der Waals surface area contributed by atoms with Crippen molar-refractivity contribution in [2.45, 2.75) is 6.54 Å². The first-order chi connectivity index (χ1) is 7.75. The minimum Gasteiger partial charge on any atom is -1.00 e. The highest BCUT2D eigenvalue weighted by molar-refractivity contribution is 7.09. The molecule has 0 saturated carbocycles. The Labute approximate surface area is 110 Å². The largest absolute Gasteiger partial charge is 1.00 e. The van der Waals surface area contributed by atoms with E-state index >= 15 is 0 Å². The van der Waals surface area contributed by atoms with Gasteiger partial charge in [-0.25, -0.2) is 4.79 Å². The van der Waals surface area contributed by atoms with E-state index in [0.717, 1.165) is 12.2 Å². The van der Waals surface area contributed by atoms with Gasteiger partial charge in [0.1, 0.15) is 0 Å². The number of carbonyl (C=O) groups is 1. The fourth-order valence-electron chi connectivity index (χ4n) is 1.36. The first kappa shape index (κ1) is 13.5. The van der Waals surface area contributed by atoms with Gasteiger partial charge in [-0.05, 0) is 29.6 Å². The molecular weight excluding hydrogens is 258 g/mol. The SMILES string of the molecule is O=C(O)c1cccc(NCc2cccs2)c1.[Cl-]. The maximum absolute atomic E-state index is 10.8. The number of halogens is 1. The lowest BCUT2D eigenvalue weighted by Crippen LogP contribution is -3.00. The molecule has 0 bridgehead atoms. The summed E-state index contributed by atoms with van der Waals surface area (Å²) < 4.78 is 0. The van der Waals surface area contributed by atoms with Crippen molar-refractivity contribution in [3.63, 3.8) is 0 Å². The summed E-state index contributed by atoms with van der Waals surface area (Å²) in [4.78, 5) is 12.0. The van der Waals surface area contributed by atoms with Crippen molar-refractivity contribution in [3.8, 4) is 0 Å². The highest BCUT2D eigenvalue weighted by Gasteiger charge is 2.02. The predicted octanol–water partition coefficient (Wildman–Crippen LogP) is 0.0624. The Kier molecular flexibility index (Phi) is 5.00. The molecule has 0 saturated heterocycles. The van der Waals surface area contributed by atoms with E-state index in [-0.39, 0.29) is 12.4 Å². The van der Waals surface area contributed by atoms with Crippen LogP contribution in [0.1, 0.15) is 15.2 Å². The third-order valence-corrected chi connectivity index (χ3v) is 3.03. The summed E-state index contributed by atoms with van der Waals surface area (Å²) in [5.74, 6) is -0.903. The molecule has 0 atom stereocenters. The molecule has 2 rings (SSSR count). The number of rotatable bonds is 4.